The Morgan fingerprint density at radius 2 is 1.88 bits per heavy atom. The van der Waals surface area contributed by atoms with Crippen LogP contribution in [0.15, 0.2) is 18.3 Å². The minimum Gasteiger partial charge on any atom is -0.341 e. The van der Waals surface area contributed by atoms with Gasteiger partial charge < -0.3 is 5.32 Å². The van der Waals surface area contributed by atoms with Gasteiger partial charge in [0.25, 0.3) is 11.7 Å². The molecule has 6 nitrogen and oxygen atoms in total. The Morgan fingerprint density at radius 3 is 2.38 bits per heavy atom. The first-order valence-electron chi connectivity index (χ1n) is 8.01. The molecule has 0 aromatic carbocycles. The predicted molar refractivity (Wildman–Crippen MR) is 91.7 cm³/mol. The zero-order valence-electron chi connectivity index (χ0n) is 15.0. The Labute approximate surface area is 142 Å². The number of nitrogens with zero attached hydrogens (tertiary/aromatic N) is 3. The highest BCUT2D eigenvalue weighted by atomic mass is 16.2. The molecule has 0 saturated heterocycles. The van der Waals surface area contributed by atoms with Gasteiger partial charge in [-0.15, -0.1) is 0 Å². The molecule has 2 heterocycles. The third-order valence-corrected chi connectivity index (χ3v) is 4.24. The number of ketones is 1. The van der Waals surface area contributed by atoms with Crippen LogP contribution in [0.25, 0.3) is 0 Å². The summed E-state index contributed by atoms with van der Waals surface area (Å²) in [5.74, 6) is -1.08. The molecule has 1 atom stereocenters. The fraction of sp³-hybridized carbons (Fsp3) is 0.444. The second kappa shape index (κ2) is 6.95. The second-order valence-corrected chi connectivity index (χ2v) is 6.40. The van der Waals surface area contributed by atoms with Gasteiger partial charge in [-0.3, -0.25) is 19.3 Å². The van der Waals surface area contributed by atoms with Crippen LogP contribution in [0.5, 0.6) is 0 Å². The molecule has 2 rings (SSSR count). The summed E-state index contributed by atoms with van der Waals surface area (Å²) in [4.78, 5) is 29.5. The summed E-state index contributed by atoms with van der Waals surface area (Å²) in [6.07, 6.45) is 1.70. The van der Waals surface area contributed by atoms with Crippen molar-refractivity contribution in [3.8, 4) is 0 Å². The third kappa shape index (κ3) is 3.37. The van der Waals surface area contributed by atoms with Gasteiger partial charge in [-0.05, 0) is 38.3 Å². The van der Waals surface area contributed by atoms with Gasteiger partial charge in [0.2, 0.25) is 0 Å². The monoisotopic (exact) mass is 328 g/mol. The Balaban J connectivity index is 2.29. The van der Waals surface area contributed by atoms with Crippen molar-refractivity contribution < 1.29 is 9.59 Å². The first-order chi connectivity index (χ1) is 11.2. The average Bonchev–Trinajstić information content (AvgIpc) is 2.77. The van der Waals surface area contributed by atoms with E-state index < -0.39 is 11.7 Å². The predicted octanol–water partition coefficient (Wildman–Crippen LogP) is 2.44. The number of Topliss-reactive ketones (excluding diaryl/α,β-unsaturated/α-hetero) is 1. The van der Waals surface area contributed by atoms with Crippen LogP contribution in [0.2, 0.25) is 0 Å². The van der Waals surface area contributed by atoms with Gasteiger partial charge in [-0.25, -0.2) is 0 Å². The molecule has 0 radical (unpaired) electrons. The lowest BCUT2D eigenvalue weighted by Gasteiger charge is -2.23. The van der Waals surface area contributed by atoms with Gasteiger partial charge in [-0.2, -0.15) is 5.10 Å². The highest BCUT2D eigenvalue weighted by molar-refractivity contribution is 6.43. The van der Waals surface area contributed by atoms with Gasteiger partial charge in [0, 0.05) is 18.9 Å². The summed E-state index contributed by atoms with van der Waals surface area (Å²) >= 11 is 0. The van der Waals surface area contributed by atoms with E-state index in [1.807, 2.05) is 32.9 Å². The number of hydrogen-bond donors (Lipinski definition) is 1. The van der Waals surface area contributed by atoms with Crippen LogP contribution >= 0.6 is 0 Å². The number of nitrogens with one attached hydrogen (secondary N) is 1. The van der Waals surface area contributed by atoms with Gasteiger partial charge in [0.05, 0.1) is 23.0 Å². The van der Waals surface area contributed by atoms with Gasteiger partial charge >= 0.3 is 0 Å². The van der Waals surface area contributed by atoms with E-state index in [0.29, 0.717) is 17.0 Å². The number of amides is 1. The maximum atomic E-state index is 12.6. The largest absolute Gasteiger partial charge is 0.341 e. The van der Waals surface area contributed by atoms with E-state index in [2.05, 4.69) is 15.4 Å². The molecule has 1 amide bonds. The van der Waals surface area contributed by atoms with Gasteiger partial charge in [-0.1, -0.05) is 19.9 Å². The molecular formula is C18H24N4O2. The van der Waals surface area contributed by atoms with E-state index >= 15 is 0 Å². The number of hydrogen-bond acceptors (Lipinski definition) is 4. The number of rotatable bonds is 5. The van der Waals surface area contributed by atoms with Crippen molar-refractivity contribution in [1.29, 1.82) is 0 Å². The molecule has 6 heteroatoms. The highest BCUT2D eigenvalue weighted by Gasteiger charge is 2.28. The van der Waals surface area contributed by atoms with Crippen molar-refractivity contribution >= 4 is 11.7 Å². The molecule has 128 valence electrons. The molecule has 2 aromatic heterocycles. The maximum Gasteiger partial charge on any atom is 0.293 e. The SMILES string of the molecule is Cc1cccnc1C(NC(=O)C(=O)c1c(C)nn(C)c1C)C(C)C. The Bertz CT molecular complexity index is 777. The molecule has 0 aliphatic carbocycles. The summed E-state index contributed by atoms with van der Waals surface area (Å²) in [6, 6.07) is 3.48. The van der Waals surface area contributed by atoms with E-state index in [9.17, 15) is 9.59 Å². The third-order valence-electron chi connectivity index (χ3n) is 4.24. The van der Waals surface area contributed by atoms with Crippen molar-refractivity contribution in [2.24, 2.45) is 13.0 Å². The Kier molecular flexibility index (Phi) is 5.17. The number of carbonyl (C=O) groups is 2. The van der Waals surface area contributed by atoms with Crippen LogP contribution in [0.4, 0.5) is 0 Å². The first-order valence-corrected chi connectivity index (χ1v) is 8.01. The zero-order chi connectivity index (χ0) is 18.0. The van der Waals surface area contributed by atoms with Crippen molar-refractivity contribution in [3.05, 3.63) is 46.5 Å². The summed E-state index contributed by atoms with van der Waals surface area (Å²) in [7, 11) is 1.76. The molecular weight excluding hydrogens is 304 g/mol. The Hall–Kier alpha value is -2.50. The highest BCUT2D eigenvalue weighted by Crippen LogP contribution is 2.23. The minimum absolute atomic E-state index is 0.103. The topological polar surface area (TPSA) is 76.9 Å². The second-order valence-electron chi connectivity index (χ2n) is 6.40. The smallest absolute Gasteiger partial charge is 0.293 e. The normalized spacial score (nSPS) is 12.3. The quantitative estimate of drug-likeness (QED) is 0.675. The summed E-state index contributed by atoms with van der Waals surface area (Å²) in [5.41, 5.74) is 3.38. The molecule has 0 aliphatic heterocycles. The van der Waals surface area contributed by atoms with Crippen LogP contribution in [0.3, 0.4) is 0 Å². The van der Waals surface area contributed by atoms with Crippen LogP contribution in [0.1, 0.15) is 52.9 Å². The van der Waals surface area contributed by atoms with Crippen LogP contribution in [-0.2, 0) is 11.8 Å². The average molecular weight is 328 g/mol. The molecule has 0 spiro atoms. The molecule has 0 aliphatic rings. The number of aromatic nitrogens is 3. The summed E-state index contributed by atoms with van der Waals surface area (Å²) < 4.78 is 1.61. The van der Waals surface area contributed by atoms with Crippen LogP contribution in [-0.4, -0.2) is 26.5 Å². The van der Waals surface area contributed by atoms with E-state index in [1.165, 1.54) is 0 Å². The molecule has 2 aromatic rings. The maximum absolute atomic E-state index is 12.6. The number of carbonyl (C=O) groups excluding carboxylic acids is 2. The van der Waals surface area contributed by atoms with E-state index in [1.54, 1.807) is 31.8 Å². The van der Waals surface area contributed by atoms with Gasteiger partial charge in [0.15, 0.2) is 0 Å². The molecule has 0 bridgehead atoms. The summed E-state index contributed by atoms with van der Waals surface area (Å²) in [5, 5.41) is 7.05. The standard InChI is InChI=1S/C18H24N4O2/c1-10(2)15(16-11(3)8-7-9-19-16)20-18(24)17(23)14-12(4)21-22(6)13(14)5/h7-10,15H,1-6H3,(H,20,24). The molecule has 24 heavy (non-hydrogen) atoms. The lowest BCUT2D eigenvalue weighted by atomic mass is 9.96. The van der Waals surface area contributed by atoms with E-state index in [0.717, 1.165) is 11.3 Å². The molecule has 0 saturated carbocycles. The fourth-order valence-electron chi connectivity index (χ4n) is 2.80. The number of pyridine rings is 1. The van der Waals surface area contributed by atoms with Crippen LogP contribution < -0.4 is 5.32 Å². The van der Waals surface area contributed by atoms with Crippen molar-refractivity contribution in [3.63, 3.8) is 0 Å². The fourth-order valence-corrected chi connectivity index (χ4v) is 2.80. The first kappa shape index (κ1) is 17.8. The van der Waals surface area contributed by atoms with E-state index in [4.69, 9.17) is 0 Å². The van der Waals surface area contributed by atoms with Crippen LogP contribution in [0, 0.1) is 26.7 Å². The molecule has 1 N–H and O–H groups in total. The Morgan fingerprint density at radius 1 is 1.21 bits per heavy atom. The van der Waals surface area contributed by atoms with E-state index in [-0.39, 0.29) is 12.0 Å². The van der Waals surface area contributed by atoms with Crippen molar-refractivity contribution in [2.45, 2.75) is 40.7 Å². The zero-order valence-corrected chi connectivity index (χ0v) is 15.0. The minimum atomic E-state index is -0.627. The van der Waals surface area contributed by atoms with Gasteiger partial charge in [0.1, 0.15) is 0 Å². The van der Waals surface area contributed by atoms with Crippen molar-refractivity contribution in [1.82, 2.24) is 20.1 Å². The number of aryl methyl sites for hydroxylation is 3. The lowest BCUT2D eigenvalue weighted by molar-refractivity contribution is -0.118. The summed E-state index contributed by atoms with van der Waals surface area (Å²) in [6.45, 7) is 9.44. The molecule has 1 unspecified atom stereocenters. The van der Waals surface area contributed by atoms with Crippen molar-refractivity contribution in [2.75, 3.05) is 0 Å². The lowest BCUT2D eigenvalue weighted by Crippen LogP contribution is -2.37. The molecule has 0 fully saturated rings.